The van der Waals surface area contributed by atoms with Crippen molar-refractivity contribution in [1.82, 2.24) is 10.2 Å². The van der Waals surface area contributed by atoms with Gasteiger partial charge in [0.2, 0.25) is 11.8 Å². The highest BCUT2D eigenvalue weighted by molar-refractivity contribution is 6.31. The molecule has 0 saturated heterocycles. The number of halogens is 1. The Kier molecular flexibility index (Phi) is 9.11. The topological polar surface area (TPSA) is 58.6 Å². The normalized spacial score (nSPS) is 11.7. The van der Waals surface area contributed by atoms with E-state index in [0.29, 0.717) is 17.2 Å². The van der Waals surface area contributed by atoms with Crippen molar-refractivity contribution in [2.24, 2.45) is 0 Å². The number of carbonyl (C=O) groups excluding carboxylic acids is 2. The number of rotatable bonds is 10. The molecule has 0 heterocycles. The number of carbonyl (C=O) groups is 2. The molecule has 3 aromatic carbocycles. The maximum Gasteiger partial charge on any atom is 0.243 e. The van der Waals surface area contributed by atoms with Gasteiger partial charge in [0.1, 0.15) is 11.8 Å². The summed E-state index contributed by atoms with van der Waals surface area (Å²) >= 11 is 6.35. The lowest BCUT2D eigenvalue weighted by Gasteiger charge is -2.32. The van der Waals surface area contributed by atoms with Gasteiger partial charge in [-0.25, -0.2) is 0 Å². The molecule has 2 amide bonds. The van der Waals surface area contributed by atoms with Gasteiger partial charge in [0.05, 0.1) is 13.5 Å². The second-order valence-corrected chi connectivity index (χ2v) is 8.92. The second kappa shape index (κ2) is 12.2. The lowest BCUT2D eigenvalue weighted by molar-refractivity contribution is -0.141. The number of methoxy groups -OCH3 is 1. The molecule has 0 aliphatic rings. The van der Waals surface area contributed by atoms with Gasteiger partial charge in [-0.05, 0) is 48.7 Å². The molecule has 0 fully saturated rings. The summed E-state index contributed by atoms with van der Waals surface area (Å²) < 4.78 is 5.36. The van der Waals surface area contributed by atoms with E-state index in [9.17, 15) is 9.59 Å². The Morgan fingerprint density at radius 3 is 2.29 bits per heavy atom. The molecule has 3 rings (SSSR count). The van der Waals surface area contributed by atoms with Gasteiger partial charge in [-0.3, -0.25) is 9.59 Å². The van der Waals surface area contributed by atoms with Crippen LogP contribution in [0.3, 0.4) is 0 Å². The third-order valence-electron chi connectivity index (χ3n) is 5.49. The first-order chi connectivity index (χ1) is 16.4. The summed E-state index contributed by atoms with van der Waals surface area (Å²) in [5, 5.41) is 3.53. The van der Waals surface area contributed by atoms with Crippen LogP contribution >= 0.6 is 11.6 Å². The molecule has 6 heteroatoms. The van der Waals surface area contributed by atoms with Crippen LogP contribution in [0.15, 0.2) is 78.9 Å². The first-order valence-corrected chi connectivity index (χ1v) is 11.7. The van der Waals surface area contributed by atoms with E-state index in [4.69, 9.17) is 16.3 Å². The van der Waals surface area contributed by atoms with Crippen molar-refractivity contribution in [3.63, 3.8) is 0 Å². The molecular weight excluding hydrogens is 448 g/mol. The van der Waals surface area contributed by atoms with Gasteiger partial charge in [0.25, 0.3) is 0 Å². The summed E-state index contributed by atoms with van der Waals surface area (Å²) in [6.45, 7) is 4.09. The summed E-state index contributed by atoms with van der Waals surface area (Å²) in [5.41, 5.74) is 2.59. The summed E-state index contributed by atoms with van der Waals surface area (Å²) in [6, 6.07) is 23.8. The molecule has 0 spiro atoms. The number of hydrogen-bond acceptors (Lipinski definition) is 3. The molecular formula is C28H31ClN2O3. The van der Waals surface area contributed by atoms with Gasteiger partial charge in [-0.15, -0.1) is 0 Å². The molecule has 0 bridgehead atoms. The van der Waals surface area contributed by atoms with Crippen LogP contribution in [0.25, 0.3) is 0 Å². The van der Waals surface area contributed by atoms with Crippen LogP contribution in [-0.2, 0) is 29.0 Å². The van der Waals surface area contributed by atoms with Gasteiger partial charge < -0.3 is 15.0 Å². The zero-order valence-electron chi connectivity index (χ0n) is 19.8. The Morgan fingerprint density at radius 1 is 0.941 bits per heavy atom. The molecule has 0 radical (unpaired) electrons. The zero-order valence-corrected chi connectivity index (χ0v) is 20.6. The van der Waals surface area contributed by atoms with E-state index in [2.05, 4.69) is 5.32 Å². The lowest BCUT2D eigenvalue weighted by Crippen LogP contribution is -2.52. The maximum absolute atomic E-state index is 13.7. The summed E-state index contributed by atoms with van der Waals surface area (Å²) in [4.78, 5) is 28.7. The minimum Gasteiger partial charge on any atom is -0.497 e. The highest BCUT2D eigenvalue weighted by Crippen LogP contribution is 2.21. The fraction of sp³-hybridized carbons (Fsp3) is 0.286. The monoisotopic (exact) mass is 478 g/mol. The van der Waals surface area contributed by atoms with Gasteiger partial charge >= 0.3 is 0 Å². The first kappa shape index (κ1) is 25.3. The van der Waals surface area contributed by atoms with Gasteiger partial charge in [-0.1, -0.05) is 72.3 Å². The highest BCUT2D eigenvalue weighted by Gasteiger charge is 2.31. The smallest absolute Gasteiger partial charge is 0.243 e. The Bertz CT molecular complexity index is 1100. The van der Waals surface area contributed by atoms with Crippen LogP contribution in [-0.4, -0.2) is 35.9 Å². The van der Waals surface area contributed by atoms with Crippen LogP contribution < -0.4 is 10.1 Å². The lowest BCUT2D eigenvalue weighted by atomic mass is 10.0. The Hall–Kier alpha value is -3.31. The van der Waals surface area contributed by atoms with Crippen molar-refractivity contribution < 1.29 is 14.3 Å². The Balaban J connectivity index is 1.99. The Labute approximate surface area is 206 Å². The van der Waals surface area contributed by atoms with E-state index in [1.54, 1.807) is 18.1 Å². The van der Waals surface area contributed by atoms with Gasteiger partial charge in [-0.2, -0.15) is 0 Å². The SMILES string of the molecule is COc1cccc(CN(C(=O)Cc2ccccc2Cl)C(Cc2ccccc2)C(=O)NC(C)C)c1. The van der Waals surface area contributed by atoms with E-state index in [0.717, 1.165) is 16.7 Å². The van der Waals surface area contributed by atoms with Crippen LogP contribution in [0.2, 0.25) is 5.02 Å². The van der Waals surface area contributed by atoms with E-state index >= 15 is 0 Å². The van der Waals surface area contributed by atoms with Crippen molar-refractivity contribution in [3.8, 4) is 5.75 Å². The summed E-state index contributed by atoms with van der Waals surface area (Å²) in [5.74, 6) is 0.340. The third-order valence-corrected chi connectivity index (χ3v) is 5.86. The fourth-order valence-electron chi connectivity index (χ4n) is 3.81. The number of hydrogen-bond donors (Lipinski definition) is 1. The predicted octanol–water partition coefficient (Wildman–Crippen LogP) is 5.06. The van der Waals surface area contributed by atoms with Crippen LogP contribution in [0, 0.1) is 0 Å². The van der Waals surface area contributed by atoms with Crippen LogP contribution in [0.1, 0.15) is 30.5 Å². The molecule has 3 aromatic rings. The summed E-state index contributed by atoms with van der Waals surface area (Å²) in [7, 11) is 1.60. The number of nitrogens with one attached hydrogen (secondary N) is 1. The van der Waals surface area contributed by atoms with E-state index in [-0.39, 0.29) is 30.8 Å². The average Bonchev–Trinajstić information content (AvgIpc) is 2.83. The average molecular weight is 479 g/mol. The van der Waals surface area contributed by atoms with Gasteiger partial charge in [0, 0.05) is 24.0 Å². The number of amides is 2. The standard InChI is InChI=1S/C28H31ClN2O3/c1-20(2)30-28(33)26(17-21-10-5-4-6-11-21)31(19-22-12-9-14-24(16-22)34-3)27(32)18-23-13-7-8-15-25(23)29/h4-16,20,26H,17-19H2,1-3H3,(H,30,33). The quantitative estimate of drug-likeness (QED) is 0.443. The molecule has 0 aliphatic heterocycles. The highest BCUT2D eigenvalue weighted by atomic mass is 35.5. The van der Waals surface area contributed by atoms with Crippen LogP contribution in [0.4, 0.5) is 0 Å². The van der Waals surface area contributed by atoms with Crippen molar-refractivity contribution >= 4 is 23.4 Å². The van der Waals surface area contributed by atoms with E-state index < -0.39 is 6.04 Å². The molecule has 5 nitrogen and oxygen atoms in total. The summed E-state index contributed by atoms with van der Waals surface area (Å²) in [6.07, 6.45) is 0.502. The zero-order chi connectivity index (χ0) is 24.5. The number of ether oxygens (including phenoxy) is 1. The molecule has 1 N–H and O–H groups in total. The predicted molar refractivity (Wildman–Crippen MR) is 136 cm³/mol. The van der Waals surface area contributed by atoms with E-state index in [1.165, 1.54) is 0 Å². The third kappa shape index (κ3) is 7.09. The van der Waals surface area contributed by atoms with Gasteiger partial charge in [0.15, 0.2) is 0 Å². The minimum absolute atomic E-state index is 0.0527. The largest absolute Gasteiger partial charge is 0.497 e. The number of benzene rings is 3. The Morgan fingerprint density at radius 2 is 1.62 bits per heavy atom. The molecule has 0 saturated carbocycles. The van der Waals surface area contributed by atoms with Crippen molar-refractivity contribution in [1.29, 1.82) is 0 Å². The van der Waals surface area contributed by atoms with Crippen molar-refractivity contribution in [3.05, 3.63) is 101 Å². The molecule has 0 aromatic heterocycles. The molecule has 178 valence electrons. The fourth-order valence-corrected chi connectivity index (χ4v) is 4.01. The van der Waals surface area contributed by atoms with Crippen molar-refractivity contribution in [2.45, 2.75) is 45.3 Å². The first-order valence-electron chi connectivity index (χ1n) is 11.4. The van der Waals surface area contributed by atoms with Crippen molar-refractivity contribution in [2.75, 3.05) is 7.11 Å². The van der Waals surface area contributed by atoms with E-state index in [1.807, 2.05) is 86.6 Å². The number of nitrogens with zero attached hydrogens (tertiary/aromatic N) is 1. The van der Waals surface area contributed by atoms with Crippen LogP contribution in [0.5, 0.6) is 5.75 Å². The second-order valence-electron chi connectivity index (χ2n) is 8.51. The minimum atomic E-state index is -0.689. The maximum atomic E-state index is 13.7. The molecule has 0 aliphatic carbocycles. The molecule has 34 heavy (non-hydrogen) atoms. The molecule has 1 unspecified atom stereocenters. The molecule has 1 atom stereocenters.